The van der Waals surface area contributed by atoms with Crippen LogP contribution in [0.2, 0.25) is 0 Å². The lowest BCUT2D eigenvalue weighted by Crippen LogP contribution is -2.29. The van der Waals surface area contributed by atoms with Gasteiger partial charge in [0, 0.05) is 11.8 Å². The topological polar surface area (TPSA) is 90.0 Å². The van der Waals surface area contributed by atoms with Crippen LogP contribution < -0.4 is 10.5 Å². The molecular formula is C10H18N4O2S. The van der Waals surface area contributed by atoms with E-state index in [1.54, 1.807) is 0 Å². The summed E-state index contributed by atoms with van der Waals surface area (Å²) in [6, 6.07) is 0.365. The molecule has 1 saturated heterocycles. The molecule has 0 spiro atoms. The Bertz CT molecular complexity index is 488. The van der Waals surface area contributed by atoms with Gasteiger partial charge in [-0.3, -0.25) is 4.68 Å². The highest BCUT2D eigenvalue weighted by Crippen LogP contribution is 2.20. The number of hydrogen-bond donors (Lipinski definition) is 2. The molecule has 0 saturated carbocycles. The van der Waals surface area contributed by atoms with Crippen LogP contribution in [0.5, 0.6) is 0 Å². The summed E-state index contributed by atoms with van der Waals surface area (Å²) in [5.41, 5.74) is 1.45. The molecule has 1 fully saturated rings. The summed E-state index contributed by atoms with van der Waals surface area (Å²) in [4.78, 5) is 0. The number of nitrogens with two attached hydrogens (primary N) is 1. The van der Waals surface area contributed by atoms with Crippen LogP contribution in [0, 0.1) is 6.92 Å². The summed E-state index contributed by atoms with van der Waals surface area (Å²) >= 11 is 0. The van der Waals surface area contributed by atoms with E-state index in [0.29, 0.717) is 11.6 Å². The molecule has 0 aliphatic carbocycles. The summed E-state index contributed by atoms with van der Waals surface area (Å²) in [6.45, 7) is 3.78. The molecule has 0 aromatic carbocycles. The average molecular weight is 258 g/mol. The highest BCUT2D eigenvalue weighted by molar-refractivity contribution is 7.88. The minimum absolute atomic E-state index is 0.135. The monoisotopic (exact) mass is 258 g/mol. The fourth-order valence-electron chi connectivity index (χ4n) is 2.14. The van der Waals surface area contributed by atoms with Crippen LogP contribution >= 0.6 is 0 Å². The van der Waals surface area contributed by atoms with E-state index in [1.165, 1.54) is 0 Å². The first-order chi connectivity index (χ1) is 7.96. The van der Waals surface area contributed by atoms with E-state index >= 15 is 0 Å². The van der Waals surface area contributed by atoms with Crippen molar-refractivity contribution in [3.8, 4) is 0 Å². The van der Waals surface area contributed by atoms with Crippen molar-refractivity contribution in [3.05, 3.63) is 17.5 Å². The van der Waals surface area contributed by atoms with E-state index in [-0.39, 0.29) is 5.75 Å². The standard InChI is InChI=1S/C10H18N4O2S/c1-8-9(7-17(11,15)16)6-14(13-8)10-2-4-12-5-3-10/h6,10,12H,2-5,7H2,1H3,(H2,11,15,16). The SMILES string of the molecule is Cc1nn(C2CCNCC2)cc1CS(N)(=O)=O. The van der Waals surface area contributed by atoms with E-state index in [4.69, 9.17) is 5.14 Å². The van der Waals surface area contributed by atoms with Gasteiger partial charge in [0.2, 0.25) is 10.0 Å². The lowest BCUT2D eigenvalue weighted by Gasteiger charge is -2.22. The fourth-order valence-corrected chi connectivity index (χ4v) is 2.85. The van der Waals surface area contributed by atoms with Gasteiger partial charge in [0.15, 0.2) is 0 Å². The number of rotatable bonds is 3. The Labute approximate surface area is 101 Å². The molecule has 0 bridgehead atoms. The molecule has 7 heteroatoms. The van der Waals surface area contributed by atoms with Gasteiger partial charge in [-0.05, 0) is 32.9 Å². The Balaban J connectivity index is 2.17. The third-order valence-electron chi connectivity index (χ3n) is 3.06. The first kappa shape index (κ1) is 12.5. The molecule has 1 aliphatic rings. The molecule has 0 radical (unpaired) electrons. The van der Waals surface area contributed by atoms with Gasteiger partial charge in [0.25, 0.3) is 0 Å². The zero-order valence-corrected chi connectivity index (χ0v) is 10.7. The molecule has 2 heterocycles. The Hall–Kier alpha value is -0.920. The molecule has 0 atom stereocenters. The zero-order valence-electron chi connectivity index (χ0n) is 9.89. The second-order valence-electron chi connectivity index (χ2n) is 4.51. The lowest BCUT2D eigenvalue weighted by molar-refractivity contribution is 0.342. The molecule has 1 aromatic heterocycles. The summed E-state index contributed by atoms with van der Waals surface area (Å²) in [7, 11) is -3.48. The van der Waals surface area contributed by atoms with Crippen LogP contribution in [0.1, 0.15) is 30.1 Å². The maximum atomic E-state index is 11.1. The fraction of sp³-hybridized carbons (Fsp3) is 0.700. The number of aromatic nitrogens is 2. The van der Waals surface area contributed by atoms with Crippen molar-refractivity contribution >= 4 is 10.0 Å². The van der Waals surface area contributed by atoms with E-state index in [9.17, 15) is 8.42 Å². The van der Waals surface area contributed by atoms with E-state index < -0.39 is 10.0 Å². The van der Waals surface area contributed by atoms with Crippen LogP contribution in [0.25, 0.3) is 0 Å². The molecular weight excluding hydrogens is 240 g/mol. The summed E-state index contributed by atoms with van der Waals surface area (Å²) in [6.07, 6.45) is 3.86. The number of nitrogens with one attached hydrogen (secondary N) is 1. The Morgan fingerprint density at radius 2 is 2.18 bits per heavy atom. The van der Waals surface area contributed by atoms with Crippen molar-refractivity contribution in [1.29, 1.82) is 0 Å². The number of piperidine rings is 1. The van der Waals surface area contributed by atoms with E-state index in [0.717, 1.165) is 31.6 Å². The quantitative estimate of drug-likeness (QED) is 0.792. The molecule has 0 amide bonds. The highest BCUT2D eigenvalue weighted by Gasteiger charge is 2.18. The zero-order chi connectivity index (χ0) is 12.5. The Morgan fingerprint density at radius 3 is 2.76 bits per heavy atom. The molecule has 17 heavy (non-hydrogen) atoms. The molecule has 1 aliphatic heterocycles. The largest absolute Gasteiger partial charge is 0.317 e. The van der Waals surface area contributed by atoms with E-state index in [2.05, 4.69) is 10.4 Å². The van der Waals surface area contributed by atoms with Crippen molar-refractivity contribution in [2.45, 2.75) is 31.6 Å². The minimum atomic E-state index is -3.48. The van der Waals surface area contributed by atoms with Crippen LogP contribution in [0.4, 0.5) is 0 Å². The van der Waals surface area contributed by atoms with Gasteiger partial charge in [0.1, 0.15) is 0 Å². The predicted molar refractivity (Wildman–Crippen MR) is 64.9 cm³/mol. The maximum absolute atomic E-state index is 11.1. The summed E-state index contributed by atoms with van der Waals surface area (Å²) in [5, 5.41) is 12.7. The van der Waals surface area contributed by atoms with Gasteiger partial charge in [-0.25, -0.2) is 13.6 Å². The van der Waals surface area contributed by atoms with Gasteiger partial charge in [-0.1, -0.05) is 0 Å². The third kappa shape index (κ3) is 3.27. The normalized spacial score (nSPS) is 18.5. The van der Waals surface area contributed by atoms with Crippen molar-refractivity contribution in [1.82, 2.24) is 15.1 Å². The number of hydrogen-bond acceptors (Lipinski definition) is 4. The van der Waals surface area contributed by atoms with Gasteiger partial charge in [-0.15, -0.1) is 0 Å². The van der Waals surface area contributed by atoms with Crippen molar-refractivity contribution in [2.24, 2.45) is 5.14 Å². The predicted octanol–water partition coefficient (Wildman–Crippen LogP) is -0.0955. The first-order valence-electron chi connectivity index (χ1n) is 5.71. The van der Waals surface area contributed by atoms with E-state index in [1.807, 2.05) is 17.8 Å². The van der Waals surface area contributed by atoms with Crippen molar-refractivity contribution < 1.29 is 8.42 Å². The van der Waals surface area contributed by atoms with Gasteiger partial charge < -0.3 is 5.32 Å². The maximum Gasteiger partial charge on any atom is 0.213 e. The Morgan fingerprint density at radius 1 is 1.53 bits per heavy atom. The van der Waals surface area contributed by atoms with Gasteiger partial charge in [0.05, 0.1) is 17.5 Å². The summed E-state index contributed by atoms with van der Waals surface area (Å²) < 4.78 is 24.0. The van der Waals surface area contributed by atoms with Gasteiger partial charge in [-0.2, -0.15) is 5.10 Å². The third-order valence-corrected chi connectivity index (χ3v) is 3.77. The number of nitrogens with zero attached hydrogens (tertiary/aromatic N) is 2. The molecule has 3 N–H and O–H groups in total. The molecule has 2 rings (SSSR count). The average Bonchev–Trinajstić information content (AvgIpc) is 2.59. The molecule has 0 unspecified atom stereocenters. The number of aryl methyl sites for hydroxylation is 1. The number of sulfonamides is 1. The van der Waals surface area contributed by atoms with Crippen LogP contribution in [0.15, 0.2) is 6.20 Å². The second-order valence-corrected chi connectivity index (χ2v) is 6.12. The van der Waals surface area contributed by atoms with Crippen LogP contribution in [-0.4, -0.2) is 31.3 Å². The summed E-state index contributed by atoms with van der Waals surface area (Å²) in [5.74, 6) is -0.135. The van der Waals surface area contributed by atoms with Gasteiger partial charge >= 0.3 is 0 Å². The Kier molecular flexibility index (Phi) is 3.50. The van der Waals surface area contributed by atoms with Crippen molar-refractivity contribution in [2.75, 3.05) is 13.1 Å². The van der Waals surface area contributed by atoms with Crippen molar-refractivity contribution in [3.63, 3.8) is 0 Å². The number of primary sulfonamides is 1. The highest BCUT2D eigenvalue weighted by atomic mass is 32.2. The molecule has 96 valence electrons. The minimum Gasteiger partial charge on any atom is -0.317 e. The lowest BCUT2D eigenvalue weighted by atomic mass is 10.1. The van der Waals surface area contributed by atoms with Crippen LogP contribution in [-0.2, 0) is 15.8 Å². The first-order valence-corrected chi connectivity index (χ1v) is 7.43. The molecule has 1 aromatic rings. The molecule has 6 nitrogen and oxygen atoms in total. The van der Waals surface area contributed by atoms with Crippen LogP contribution in [0.3, 0.4) is 0 Å². The smallest absolute Gasteiger partial charge is 0.213 e. The second kappa shape index (κ2) is 4.75.